The molecule has 0 bridgehead atoms. The second-order valence-electron chi connectivity index (χ2n) is 4.33. The summed E-state index contributed by atoms with van der Waals surface area (Å²) in [6, 6.07) is 11.4. The van der Waals surface area contributed by atoms with Crippen LogP contribution >= 0.6 is 15.9 Å². The number of benzene rings is 2. The fourth-order valence-electron chi connectivity index (χ4n) is 1.64. The van der Waals surface area contributed by atoms with Crippen molar-refractivity contribution >= 4 is 26.0 Å². The van der Waals surface area contributed by atoms with Crippen LogP contribution in [0.15, 0.2) is 45.8 Å². The van der Waals surface area contributed by atoms with Crippen LogP contribution in [0.25, 0.3) is 0 Å². The van der Waals surface area contributed by atoms with Gasteiger partial charge in [-0.1, -0.05) is 6.07 Å². The molecule has 108 valence electrons. The van der Waals surface area contributed by atoms with Crippen molar-refractivity contribution in [3.05, 3.63) is 52.0 Å². The Hall–Kier alpha value is -1.88. The lowest BCUT2D eigenvalue weighted by Gasteiger charge is -2.11. The summed E-state index contributed by atoms with van der Waals surface area (Å²) in [6.45, 7) is 1.85. The molecule has 0 saturated carbocycles. The zero-order valence-corrected chi connectivity index (χ0v) is 13.4. The summed E-state index contributed by atoms with van der Waals surface area (Å²) in [6.07, 6.45) is 0. The smallest absolute Gasteiger partial charge is 0.238 e. The van der Waals surface area contributed by atoms with Gasteiger partial charge in [-0.05, 0) is 58.7 Å². The highest BCUT2D eigenvalue weighted by Gasteiger charge is 2.12. The van der Waals surface area contributed by atoms with Gasteiger partial charge in [0.15, 0.2) is 0 Å². The number of rotatable bonds is 3. The molecular weight excluding hydrogens is 356 g/mol. The molecule has 2 rings (SSSR count). The summed E-state index contributed by atoms with van der Waals surface area (Å²) >= 11 is 3.25. The molecule has 0 fully saturated rings. The number of hydrogen-bond donors (Lipinski definition) is 1. The lowest BCUT2D eigenvalue weighted by Crippen LogP contribution is -2.11. The predicted molar refractivity (Wildman–Crippen MR) is 81.5 cm³/mol. The van der Waals surface area contributed by atoms with E-state index in [0.717, 1.165) is 5.56 Å². The van der Waals surface area contributed by atoms with Gasteiger partial charge in [0.25, 0.3) is 0 Å². The van der Waals surface area contributed by atoms with Crippen molar-refractivity contribution in [1.29, 1.82) is 5.26 Å². The predicted octanol–water partition coefficient (Wildman–Crippen LogP) is 3.07. The van der Waals surface area contributed by atoms with Gasteiger partial charge >= 0.3 is 0 Å². The van der Waals surface area contributed by atoms with Crippen molar-refractivity contribution < 1.29 is 13.2 Å². The zero-order chi connectivity index (χ0) is 15.6. The Kier molecular flexibility index (Phi) is 4.32. The molecule has 0 spiro atoms. The molecule has 0 atom stereocenters. The van der Waals surface area contributed by atoms with Gasteiger partial charge in [0.2, 0.25) is 10.0 Å². The number of primary sulfonamides is 1. The van der Waals surface area contributed by atoms with E-state index >= 15 is 0 Å². The third-order valence-electron chi connectivity index (χ3n) is 2.77. The minimum Gasteiger partial charge on any atom is -0.456 e. The molecule has 0 aliphatic heterocycles. The highest BCUT2D eigenvalue weighted by molar-refractivity contribution is 9.10. The molecule has 0 aliphatic carbocycles. The van der Waals surface area contributed by atoms with E-state index in [1.54, 1.807) is 18.2 Å². The van der Waals surface area contributed by atoms with Gasteiger partial charge in [0.1, 0.15) is 11.5 Å². The fourth-order valence-corrected chi connectivity index (χ4v) is 2.79. The second kappa shape index (κ2) is 5.85. The van der Waals surface area contributed by atoms with Gasteiger partial charge in [-0.2, -0.15) is 5.26 Å². The average Bonchev–Trinajstić information content (AvgIpc) is 2.42. The topological polar surface area (TPSA) is 93.2 Å². The molecule has 0 aromatic heterocycles. The highest BCUT2D eigenvalue weighted by Crippen LogP contribution is 2.33. The van der Waals surface area contributed by atoms with Crippen molar-refractivity contribution in [3.8, 4) is 17.6 Å². The molecule has 7 heteroatoms. The van der Waals surface area contributed by atoms with E-state index in [1.807, 2.05) is 13.0 Å². The summed E-state index contributed by atoms with van der Waals surface area (Å²) < 4.78 is 28.7. The first-order chi connectivity index (χ1) is 9.81. The number of aryl methyl sites for hydroxylation is 1. The van der Waals surface area contributed by atoms with E-state index in [0.29, 0.717) is 21.5 Å². The number of ether oxygens (including phenoxy) is 1. The number of nitrogens with two attached hydrogens (primary N) is 1. The summed E-state index contributed by atoms with van der Waals surface area (Å²) in [5.41, 5.74) is 1.34. The van der Waals surface area contributed by atoms with Crippen LogP contribution in [-0.4, -0.2) is 8.42 Å². The van der Waals surface area contributed by atoms with Crippen LogP contribution in [0.1, 0.15) is 11.1 Å². The van der Waals surface area contributed by atoms with Crippen LogP contribution in [0.3, 0.4) is 0 Å². The Morgan fingerprint density at radius 1 is 1.19 bits per heavy atom. The van der Waals surface area contributed by atoms with Crippen LogP contribution in [0.4, 0.5) is 0 Å². The maximum Gasteiger partial charge on any atom is 0.238 e. The van der Waals surface area contributed by atoms with E-state index in [-0.39, 0.29) is 4.90 Å². The molecule has 0 heterocycles. The first-order valence-corrected chi connectivity index (χ1v) is 8.16. The van der Waals surface area contributed by atoms with E-state index < -0.39 is 10.0 Å². The first-order valence-electron chi connectivity index (χ1n) is 5.82. The Morgan fingerprint density at radius 3 is 2.48 bits per heavy atom. The number of sulfonamides is 1. The first kappa shape index (κ1) is 15.5. The van der Waals surface area contributed by atoms with Crippen molar-refractivity contribution in [2.24, 2.45) is 5.14 Å². The highest BCUT2D eigenvalue weighted by atomic mass is 79.9. The number of nitriles is 1. The van der Waals surface area contributed by atoms with Gasteiger partial charge < -0.3 is 4.74 Å². The van der Waals surface area contributed by atoms with Crippen LogP contribution in [0.2, 0.25) is 0 Å². The third kappa shape index (κ3) is 3.61. The summed E-state index contributed by atoms with van der Waals surface area (Å²) in [7, 11) is -3.76. The van der Waals surface area contributed by atoms with Crippen molar-refractivity contribution in [2.75, 3.05) is 0 Å². The molecule has 21 heavy (non-hydrogen) atoms. The molecule has 0 aliphatic rings. The molecule has 2 aromatic carbocycles. The number of nitrogens with zero attached hydrogens (tertiary/aromatic N) is 1. The Labute approximate surface area is 131 Å². The normalized spacial score (nSPS) is 11.0. The van der Waals surface area contributed by atoms with E-state index in [2.05, 4.69) is 15.9 Å². The molecule has 5 nitrogen and oxygen atoms in total. The average molecular weight is 367 g/mol. The lowest BCUT2D eigenvalue weighted by atomic mass is 10.1. The Balaban J connectivity index is 2.39. The van der Waals surface area contributed by atoms with Gasteiger partial charge in [-0.3, -0.25) is 0 Å². The third-order valence-corrected chi connectivity index (χ3v) is 4.30. The molecule has 0 amide bonds. The maximum atomic E-state index is 11.3. The van der Waals surface area contributed by atoms with E-state index in [4.69, 9.17) is 15.1 Å². The van der Waals surface area contributed by atoms with Crippen LogP contribution in [-0.2, 0) is 10.0 Å². The van der Waals surface area contributed by atoms with Crippen LogP contribution in [0.5, 0.6) is 11.5 Å². The molecule has 2 aromatic rings. The minimum atomic E-state index is -3.76. The molecule has 0 saturated heterocycles. The minimum absolute atomic E-state index is 0.00998. The quantitative estimate of drug-likeness (QED) is 0.902. The van der Waals surface area contributed by atoms with Crippen molar-refractivity contribution in [1.82, 2.24) is 0 Å². The molecule has 0 unspecified atom stereocenters. The number of hydrogen-bond acceptors (Lipinski definition) is 4. The van der Waals surface area contributed by atoms with Gasteiger partial charge in [-0.25, -0.2) is 13.6 Å². The standard InChI is InChI=1S/C14H11BrN2O3S/c1-9-2-3-10(8-16)6-14(9)20-13-5-4-11(7-12(13)15)21(17,18)19/h2-7H,1H3,(H2,17,18,19). The van der Waals surface area contributed by atoms with Crippen molar-refractivity contribution in [2.45, 2.75) is 11.8 Å². The fraction of sp³-hybridized carbons (Fsp3) is 0.0714. The van der Waals surface area contributed by atoms with Gasteiger partial charge in [-0.15, -0.1) is 0 Å². The van der Waals surface area contributed by atoms with E-state index in [1.165, 1.54) is 18.2 Å². The SMILES string of the molecule is Cc1ccc(C#N)cc1Oc1ccc(S(N)(=O)=O)cc1Br. The van der Waals surface area contributed by atoms with Gasteiger partial charge in [0.05, 0.1) is 21.0 Å². The van der Waals surface area contributed by atoms with Crippen LogP contribution in [0, 0.1) is 18.3 Å². The largest absolute Gasteiger partial charge is 0.456 e. The molecular formula is C14H11BrN2O3S. The molecule has 2 N–H and O–H groups in total. The lowest BCUT2D eigenvalue weighted by molar-refractivity contribution is 0.475. The zero-order valence-electron chi connectivity index (χ0n) is 11.0. The van der Waals surface area contributed by atoms with Crippen LogP contribution < -0.4 is 9.88 Å². The molecule has 0 radical (unpaired) electrons. The Bertz CT molecular complexity index is 842. The monoisotopic (exact) mass is 366 g/mol. The summed E-state index contributed by atoms with van der Waals surface area (Å²) in [4.78, 5) is -0.00998. The van der Waals surface area contributed by atoms with E-state index in [9.17, 15) is 8.42 Å². The van der Waals surface area contributed by atoms with Gasteiger partial charge in [0, 0.05) is 0 Å². The summed E-state index contributed by atoms with van der Waals surface area (Å²) in [5.74, 6) is 0.957. The second-order valence-corrected chi connectivity index (χ2v) is 6.75. The Morgan fingerprint density at radius 2 is 1.90 bits per heavy atom. The summed E-state index contributed by atoms with van der Waals surface area (Å²) in [5, 5.41) is 14.0. The number of halogens is 1. The van der Waals surface area contributed by atoms with Crippen molar-refractivity contribution in [3.63, 3.8) is 0 Å². The maximum absolute atomic E-state index is 11.3.